The predicted octanol–water partition coefficient (Wildman–Crippen LogP) is 14.4. The zero-order valence-corrected chi connectivity index (χ0v) is 33.6. The minimum atomic E-state index is 0.629. The Balaban J connectivity index is 1.05. The average Bonchev–Trinajstić information content (AvgIpc) is 3.88. The number of nitrogens with zero attached hydrogens (tertiary/aromatic N) is 5. The van der Waals surface area contributed by atoms with Gasteiger partial charge in [-0.1, -0.05) is 182 Å². The van der Waals surface area contributed by atoms with Crippen molar-refractivity contribution in [3.05, 3.63) is 224 Å². The summed E-state index contributed by atoms with van der Waals surface area (Å²) in [5.41, 5.74) is 14.2. The number of para-hydroxylation sites is 2. The molecule has 0 spiro atoms. The quantitative estimate of drug-likeness (QED) is 0.162. The van der Waals surface area contributed by atoms with Gasteiger partial charge in [-0.05, 0) is 64.7 Å². The summed E-state index contributed by atoms with van der Waals surface area (Å²) in [6, 6.07) is 79.4. The van der Waals surface area contributed by atoms with Crippen LogP contribution in [-0.4, -0.2) is 24.1 Å². The average molecular weight is 792 g/mol. The normalized spacial score (nSPS) is 11.5. The molecule has 0 aliphatic heterocycles. The monoisotopic (exact) mass is 791 g/mol. The second-order valence-electron chi connectivity index (χ2n) is 15.6. The van der Waals surface area contributed by atoms with Gasteiger partial charge in [0.15, 0.2) is 17.5 Å². The Morgan fingerprint density at radius 1 is 0.242 bits per heavy atom. The first-order valence-electron chi connectivity index (χ1n) is 20.9. The minimum absolute atomic E-state index is 0.629. The molecule has 12 aromatic rings. The van der Waals surface area contributed by atoms with Crippen LogP contribution in [0, 0.1) is 0 Å². The summed E-state index contributed by atoms with van der Waals surface area (Å²) in [5.74, 6) is 1.91. The Hall–Kier alpha value is -8.41. The third-order valence-electron chi connectivity index (χ3n) is 11.9. The summed E-state index contributed by atoms with van der Waals surface area (Å²) in [6.45, 7) is 0. The van der Waals surface area contributed by atoms with Crippen LogP contribution in [0.3, 0.4) is 0 Å². The SMILES string of the molecule is c1ccc(-c2cccc(-n3c4ccccc4c4ccc5c6ccccc6n(-c6cccc(-c7cccc(-c8nc(-c9ccccc9)nc(-c9ccccc9)n8)c7)c6)c5c43)c2)cc1. The van der Waals surface area contributed by atoms with Crippen LogP contribution in [-0.2, 0) is 0 Å². The fourth-order valence-corrected chi connectivity index (χ4v) is 9.09. The van der Waals surface area contributed by atoms with Gasteiger partial charge < -0.3 is 9.13 Å². The molecule has 3 aromatic heterocycles. The molecular weight excluding hydrogens is 755 g/mol. The van der Waals surface area contributed by atoms with Gasteiger partial charge in [0.25, 0.3) is 0 Å². The van der Waals surface area contributed by atoms with Crippen molar-refractivity contribution in [1.29, 1.82) is 0 Å². The molecule has 62 heavy (non-hydrogen) atoms. The van der Waals surface area contributed by atoms with E-state index in [2.05, 4.69) is 173 Å². The highest BCUT2D eigenvalue weighted by Crippen LogP contribution is 2.42. The molecular formula is C57H37N5. The van der Waals surface area contributed by atoms with Gasteiger partial charge in [-0.2, -0.15) is 0 Å². The molecule has 0 amide bonds. The summed E-state index contributed by atoms with van der Waals surface area (Å²) in [5, 5.41) is 4.86. The van der Waals surface area contributed by atoms with E-state index in [1.807, 2.05) is 60.7 Å². The largest absolute Gasteiger partial charge is 0.307 e. The van der Waals surface area contributed by atoms with Crippen molar-refractivity contribution in [3.63, 3.8) is 0 Å². The van der Waals surface area contributed by atoms with E-state index in [1.165, 1.54) is 49.2 Å². The molecule has 12 rings (SSSR count). The summed E-state index contributed by atoms with van der Waals surface area (Å²) in [4.78, 5) is 15.0. The first-order chi connectivity index (χ1) is 30.7. The molecule has 0 N–H and O–H groups in total. The molecule has 9 aromatic carbocycles. The maximum atomic E-state index is 5.03. The molecule has 290 valence electrons. The molecule has 5 heteroatoms. The van der Waals surface area contributed by atoms with Crippen molar-refractivity contribution in [2.75, 3.05) is 0 Å². The first kappa shape index (κ1) is 35.5. The molecule has 0 fully saturated rings. The van der Waals surface area contributed by atoms with Crippen LogP contribution in [0.4, 0.5) is 0 Å². The first-order valence-corrected chi connectivity index (χ1v) is 20.9. The van der Waals surface area contributed by atoms with Gasteiger partial charge in [-0.15, -0.1) is 0 Å². The van der Waals surface area contributed by atoms with Gasteiger partial charge in [-0.3, -0.25) is 0 Å². The summed E-state index contributed by atoms with van der Waals surface area (Å²) in [7, 11) is 0. The Morgan fingerprint density at radius 3 is 1.10 bits per heavy atom. The number of fused-ring (bicyclic) bond motifs is 7. The molecule has 5 nitrogen and oxygen atoms in total. The minimum Gasteiger partial charge on any atom is -0.307 e. The lowest BCUT2D eigenvalue weighted by molar-refractivity contribution is 1.07. The topological polar surface area (TPSA) is 48.5 Å². The number of rotatable bonds is 7. The number of hydrogen-bond donors (Lipinski definition) is 0. The van der Waals surface area contributed by atoms with Crippen molar-refractivity contribution in [2.24, 2.45) is 0 Å². The van der Waals surface area contributed by atoms with Crippen LogP contribution in [0.15, 0.2) is 224 Å². The standard InChI is InChI=1S/C57H37N5/c1-4-17-38(18-5-1)42-24-15-27-45(36-42)61-51-31-12-10-29-47(51)49-33-34-50-48-30-11-13-32-52(48)62(54(50)53(49)61)46-28-16-25-43(37-46)41-23-14-26-44(35-41)57-59-55(39-19-6-2-7-20-39)58-56(60-57)40-21-8-3-9-22-40/h1-37H. The van der Waals surface area contributed by atoms with Crippen LogP contribution in [0.2, 0.25) is 0 Å². The van der Waals surface area contributed by atoms with Gasteiger partial charge in [0, 0.05) is 49.6 Å². The molecule has 0 saturated heterocycles. The van der Waals surface area contributed by atoms with Crippen LogP contribution in [0.5, 0.6) is 0 Å². The summed E-state index contributed by atoms with van der Waals surface area (Å²) in [6.07, 6.45) is 0. The Bertz CT molecular complexity index is 3570. The molecule has 0 saturated carbocycles. The van der Waals surface area contributed by atoms with E-state index >= 15 is 0 Å². The highest BCUT2D eigenvalue weighted by molar-refractivity contribution is 6.23. The van der Waals surface area contributed by atoms with Gasteiger partial charge in [0.05, 0.1) is 22.1 Å². The van der Waals surface area contributed by atoms with E-state index in [1.54, 1.807) is 0 Å². The van der Waals surface area contributed by atoms with Crippen molar-refractivity contribution >= 4 is 43.6 Å². The molecule has 0 atom stereocenters. The second-order valence-corrected chi connectivity index (χ2v) is 15.6. The number of hydrogen-bond acceptors (Lipinski definition) is 3. The van der Waals surface area contributed by atoms with Gasteiger partial charge in [0.2, 0.25) is 0 Å². The zero-order chi connectivity index (χ0) is 41.0. The van der Waals surface area contributed by atoms with Crippen molar-refractivity contribution < 1.29 is 0 Å². The Kier molecular flexibility index (Phi) is 8.42. The molecule has 0 aliphatic carbocycles. The molecule has 0 bridgehead atoms. The van der Waals surface area contributed by atoms with E-state index in [0.717, 1.165) is 44.7 Å². The second kappa shape index (κ2) is 14.7. The van der Waals surface area contributed by atoms with E-state index < -0.39 is 0 Å². The Labute approximate surface area is 358 Å². The Morgan fingerprint density at radius 2 is 0.597 bits per heavy atom. The molecule has 0 radical (unpaired) electrons. The van der Waals surface area contributed by atoms with Crippen LogP contribution >= 0.6 is 0 Å². The van der Waals surface area contributed by atoms with Crippen molar-refractivity contribution in [3.8, 4) is 67.8 Å². The third-order valence-corrected chi connectivity index (χ3v) is 11.9. The van der Waals surface area contributed by atoms with E-state index in [4.69, 9.17) is 15.0 Å². The summed E-state index contributed by atoms with van der Waals surface area (Å²) >= 11 is 0. The predicted molar refractivity (Wildman–Crippen MR) is 256 cm³/mol. The highest BCUT2D eigenvalue weighted by Gasteiger charge is 2.22. The smallest absolute Gasteiger partial charge is 0.164 e. The van der Waals surface area contributed by atoms with Crippen LogP contribution < -0.4 is 0 Å². The fourth-order valence-electron chi connectivity index (χ4n) is 9.09. The lowest BCUT2D eigenvalue weighted by Crippen LogP contribution is -2.00. The third kappa shape index (κ3) is 5.98. The maximum Gasteiger partial charge on any atom is 0.164 e. The fraction of sp³-hybridized carbons (Fsp3) is 0. The van der Waals surface area contributed by atoms with Crippen molar-refractivity contribution in [1.82, 2.24) is 24.1 Å². The molecule has 3 heterocycles. The van der Waals surface area contributed by atoms with E-state index in [0.29, 0.717) is 17.5 Å². The highest BCUT2D eigenvalue weighted by atomic mass is 15.0. The lowest BCUT2D eigenvalue weighted by Gasteiger charge is -2.14. The van der Waals surface area contributed by atoms with E-state index in [-0.39, 0.29) is 0 Å². The van der Waals surface area contributed by atoms with Crippen molar-refractivity contribution in [2.45, 2.75) is 0 Å². The lowest BCUT2D eigenvalue weighted by atomic mass is 10.0. The molecule has 0 aliphatic rings. The maximum absolute atomic E-state index is 5.03. The van der Waals surface area contributed by atoms with Crippen LogP contribution in [0.1, 0.15) is 0 Å². The summed E-state index contributed by atoms with van der Waals surface area (Å²) < 4.78 is 4.92. The van der Waals surface area contributed by atoms with Gasteiger partial charge >= 0.3 is 0 Å². The van der Waals surface area contributed by atoms with E-state index in [9.17, 15) is 0 Å². The number of benzene rings is 9. The van der Waals surface area contributed by atoms with Crippen LogP contribution in [0.25, 0.3) is 111 Å². The number of aromatic nitrogens is 5. The molecule has 0 unspecified atom stereocenters. The zero-order valence-electron chi connectivity index (χ0n) is 33.6. The van der Waals surface area contributed by atoms with Gasteiger partial charge in [-0.25, -0.2) is 15.0 Å². The van der Waals surface area contributed by atoms with Gasteiger partial charge in [0.1, 0.15) is 0 Å².